The van der Waals surface area contributed by atoms with Gasteiger partial charge in [-0.15, -0.1) is 0 Å². The Morgan fingerprint density at radius 1 is 1.32 bits per heavy atom. The van der Waals surface area contributed by atoms with Gasteiger partial charge < -0.3 is 0 Å². The fourth-order valence-electron chi connectivity index (χ4n) is 2.39. The molecule has 3 N–H and O–H groups in total. The van der Waals surface area contributed by atoms with Crippen LogP contribution in [-0.4, -0.2) is 9.78 Å². The van der Waals surface area contributed by atoms with Gasteiger partial charge in [-0.2, -0.15) is 5.10 Å². The Hall–Kier alpha value is -1.17. The molecule has 1 unspecified atom stereocenters. The first kappa shape index (κ1) is 14.2. The molecule has 0 amide bonds. The zero-order valence-electron chi connectivity index (χ0n) is 11.4. The highest BCUT2D eigenvalue weighted by Crippen LogP contribution is 2.24. The van der Waals surface area contributed by atoms with Gasteiger partial charge >= 0.3 is 0 Å². The molecule has 0 bridgehead atoms. The Bertz CT molecular complexity index is 560. The lowest BCUT2D eigenvalue weighted by Gasteiger charge is -2.17. The Morgan fingerprint density at radius 2 is 1.95 bits per heavy atom. The van der Waals surface area contributed by atoms with E-state index >= 15 is 0 Å². The fraction of sp³-hybridized carbons (Fsp3) is 0.357. The van der Waals surface area contributed by atoms with Crippen LogP contribution in [0.2, 0.25) is 0 Å². The van der Waals surface area contributed by atoms with E-state index in [4.69, 9.17) is 5.84 Å². The SMILES string of the molecule is Cc1nn(C)c(C)c1C(Cc1ccc(Br)cc1)NN. The van der Waals surface area contributed by atoms with Crippen molar-refractivity contribution in [2.24, 2.45) is 12.9 Å². The normalized spacial score (nSPS) is 12.7. The van der Waals surface area contributed by atoms with Gasteiger partial charge in [-0.05, 0) is 38.0 Å². The second kappa shape index (κ2) is 5.86. The first-order valence-corrected chi connectivity index (χ1v) is 7.03. The number of benzene rings is 1. The second-order valence-corrected chi connectivity index (χ2v) is 5.67. The summed E-state index contributed by atoms with van der Waals surface area (Å²) in [5.74, 6) is 5.73. The monoisotopic (exact) mass is 322 g/mol. The van der Waals surface area contributed by atoms with Crippen LogP contribution in [0, 0.1) is 13.8 Å². The molecular weight excluding hydrogens is 304 g/mol. The van der Waals surface area contributed by atoms with Gasteiger partial charge in [0.1, 0.15) is 0 Å². The van der Waals surface area contributed by atoms with Gasteiger partial charge in [0.05, 0.1) is 11.7 Å². The summed E-state index contributed by atoms with van der Waals surface area (Å²) in [6, 6.07) is 8.39. The lowest BCUT2D eigenvalue weighted by atomic mass is 9.98. The quantitative estimate of drug-likeness (QED) is 0.672. The Morgan fingerprint density at radius 3 is 2.42 bits per heavy atom. The van der Waals surface area contributed by atoms with Gasteiger partial charge in [0.25, 0.3) is 0 Å². The molecule has 5 heteroatoms. The Balaban J connectivity index is 2.27. The van der Waals surface area contributed by atoms with E-state index in [1.165, 1.54) is 11.1 Å². The largest absolute Gasteiger partial charge is 0.272 e. The average Bonchev–Trinajstić information content (AvgIpc) is 2.63. The van der Waals surface area contributed by atoms with Crippen molar-refractivity contribution in [1.82, 2.24) is 15.2 Å². The summed E-state index contributed by atoms with van der Waals surface area (Å²) < 4.78 is 2.98. The molecular formula is C14H19BrN4. The highest BCUT2D eigenvalue weighted by atomic mass is 79.9. The Kier molecular flexibility index (Phi) is 4.39. The summed E-state index contributed by atoms with van der Waals surface area (Å²) in [4.78, 5) is 0. The average molecular weight is 323 g/mol. The fourth-order valence-corrected chi connectivity index (χ4v) is 2.66. The molecule has 1 aromatic carbocycles. The molecule has 2 aromatic rings. The van der Waals surface area contributed by atoms with Crippen LogP contribution < -0.4 is 11.3 Å². The third-order valence-electron chi connectivity index (χ3n) is 3.47. The summed E-state index contributed by atoms with van der Waals surface area (Å²) in [6.07, 6.45) is 0.844. The molecule has 1 aromatic heterocycles. The third-order valence-corrected chi connectivity index (χ3v) is 4.00. The minimum Gasteiger partial charge on any atom is -0.272 e. The lowest BCUT2D eigenvalue weighted by Crippen LogP contribution is -2.30. The summed E-state index contributed by atoms with van der Waals surface area (Å²) in [5.41, 5.74) is 7.52. The number of nitrogens with two attached hydrogens (primary N) is 1. The molecule has 0 aliphatic carbocycles. The highest BCUT2D eigenvalue weighted by Gasteiger charge is 2.19. The van der Waals surface area contributed by atoms with Crippen molar-refractivity contribution in [3.05, 3.63) is 51.3 Å². The molecule has 0 fully saturated rings. The van der Waals surface area contributed by atoms with E-state index in [-0.39, 0.29) is 6.04 Å². The smallest absolute Gasteiger partial charge is 0.0644 e. The molecule has 1 heterocycles. The number of hydrazine groups is 1. The number of hydrogen-bond donors (Lipinski definition) is 2. The zero-order valence-corrected chi connectivity index (χ0v) is 13.0. The van der Waals surface area contributed by atoms with Gasteiger partial charge in [0, 0.05) is 22.8 Å². The number of halogens is 1. The summed E-state index contributed by atoms with van der Waals surface area (Å²) in [6.45, 7) is 4.09. The predicted molar refractivity (Wildman–Crippen MR) is 80.6 cm³/mol. The topological polar surface area (TPSA) is 55.9 Å². The van der Waals surface area contributed by atoms with Gasteiger partial charge in [0.2, 0.25) is 0 Å². The number of nitrogens with zero attached hydrogens (tertiary/aromatic N) is 2. The maximum absolute atomic E-state index is 5.73. The van der Waals surface area contributed by atoms with Crippen LogP contribution in [0.25, 0.3) is 0 Å². The van der Waals surface area contributed by atoms with Crippen molar-refractivity contribution in [3.63, 3.8) is 0 Å². The molecule has 0 radical (unpaired) electrons. The van der Waals surface area contributed by atoms with E-state index in [9.17, 15) is 0 Å². The van der Waals surface area contributed by atoms with Crippen LogP contribution in [-0.2, 0) is 13.5 Å². The molecule has 1 atom stereocenters. The van der Waals surface area contributed by atoms with Gasteiger partial charge in [0.15, 0.2) is 0 Å². The first-order valence-electron chi connectivity index (χ1n) is 6.23. The van der Waals surface area contributed by atoms with E-state index in [0.29, 0.717) is 0 Å². The van der Waals surface area contributed by atoms with Crippen LogP contribution in [0.15, 0.2) is 28.7 Å². The van der Waals surface area contributed by atoms with E-state index in [1.807, 2.05) is 30.8 Å². The van der Waals surface area contributed by atoms with E-state index in [1.54, 1.807) is 0 Å². The van der Waals surface area contributed by atoms with Crippen LogP contribution in [0.4, 0.5) is 0 Å². The van der Waals surface area contributed by atoms with Crippen LogP contribution in [0.3, 0.4) is 0 Å². The van der Waals surface area contributed by atoms with Crippen LogP contribution >= 0.6 is 15.9 Å². The summed E-state index contributed by atoms with van der Waals surface area (Å²) in [7, 11) is 1.96. The highest BCUT2D eigenvalue weighted by molar-refractivity contribution is 9.10. The zero-order chi connectivity index (χ0) is 14.0. The molecule has 102 valence electrons. The van der Waals surface area contributed by atoms with Crippen molar-refractivity contribution in [2.45, 2.75) is 26.3 Å². The third kappa shape index (κ3) is 3.05. The minimum absolute atomic E-state index is 0.0786. The molecule has 0 saturated heterocycles. The number of rotatable bonds is 4. The summed E-state index contributed by atoms with van der Waals surface area (Å²) in [5, 5.41) is 4.45. The van der Waals surface area contributed by atoms with Gasteiger partial charge in [-0.1, -0.05) is 28.1 Å². The standard InChI is InChI=1S/C14H19BrN4/c1-9-14(10(2)19(3)18-9)13(17-16)8-11-4-6-12(15)7-5-11/h4-7,13,17H,8,16H2,1-3H3. The maximum atomic E-state index is 5.73. The number of aryl methyl sites for hydroxylation is 2. The van der Waals surface area contributed by atoms with Crippen molar-refractivity contribution >= 4 is 15.9 Å². The van der Waals surface area contributed by atoms with Crippen LogP contribution in [0.5, 0.6) is 0 Å². The molecule has 19 heavy (non-hydrogen) atoms. The molecule has 0 spiro atoms. The van der Waals surface area contributed by atoms with Crippen molar-refractivity contribution in [1.29, 1.82) is 0 Å². The Labute approximate surface area is 122 Å². The van der Waals surface area contributed by atoms with Crippen LogP contribution in [0.1, 0.15) is 28.6 Å². The first-order chi connectivity index (χ1) is 9.02. The molecule has 0 aliphatic heterocycles. The maximum Gasteiger partial charge on any atom is 0.0644 e. The molecule has 2 rings (SSSR count). The second-order valence-electron chi connectivity index (χ2n) is 4.76. The number of aromatic nitrogens is 2. The minimum atomic E-state index is 0.0786. The van der Waals surface area contributed by atoms with Gasteiger partial charge in [-0.25, -0.2) is 0 Å². The molecule has 4 nitrogen and oxygen atoms in total. The predicted octanol–water partition coefficient (Wildman–Crippen LogP) is 2.55. The van der Waals surface area contributed by atoms with Gasteiger partial charge in [-0.3, -0.25) is 16.0 Å². The van der Waals surface area contributed by atoms with E-state index in [0.717, 1.165) is 22.3 Å². The van der Waals surface area contributed by atoms with Crippen molar-refractivity contribution < 1.29 is 0 Å². The van der Waals surface area contributed by atoms with Crippen molar-refractivity contribution in [3.8, 4) is 0 Å². The van der Waals surface area contributed by atoms with E-state index < -0.39 is 0 Å². The number of hydrogen-bond acceptors (Lipinski definition) is 3. The van der Waals surface area contributed by atoms with E-state index in [2.05, 4.69) is 45.5 Å². The molecule has 0 aliphatic rings. The molecule has 0 saturated carbocycles. The van der Waals surface area contributed by atoms with Crippen molar-refractivity contribution in [2.75, 3.05) is 0 Å². The number of nitrogens with one attached hydrogen (secondary N) is 1. The summed E-state index contributed by atoms with van der Waals surface area (Å²) >= 11 is 3.45. The lowest BCUT2D eigenvalue weighted by molar-refractivity contribution is 0.546.